The fourth-order valence-corrected chi connectivity index (χ4v) is 4.13. The van der Waals surface area contributed by atoms with Gasteiger partial charge >= 0.3 is 0 Å². The molecule has 0 saturated carbocycles. The number of carbonyl (C=O) groups excluding carboxylic acids is 2. The van der Waals surface area contributed by atoms with Gasteiger partial charge in [-0.1, -0.05) is 6.92 Å². The summed E-state index contributed by atoms with van der Waals surface area (Å²) >= 11 is 0. The van der Waals surface area contributed by atoms with Gasteiger partial charge in [-0.25, -0.2) is 18.2 Å². The topological polar surface area (TPSA) is 119 Å². The number of nitrogens with one attached hydrogen (secondary N) is 2. The van der Waals surface area contributed by atoms with Gasteiger partial charge in [-0.15, -0.1) is 0 Å². The van der Waals surface area contributed by atoms with Crippen molar-refractivity contribution < 1.29 is 27.9 Å². The second-order valence-electron chi connectivity index (χ2n) is 8.25. The van der Waals surface area contributed by atoms with E-state index in [4.69, 9.17) is 5.41 Å². The first-order chi connectivity index (χ1) is 16.7. The number of benzene rings is 1. The minimum Gasteiger partial charge on any atom is -0.508 e. The van der Waals surface area contributed by atoms with Crippen LogP contribution in [-0.2, 0) is 4.79 Å². The van der Waals surface area contributed by atoms with E-state index in [0.717, 1.165) is 12.1 Å². The minimum absolute atomic E-state index is 0.00779. The molecule has 2 aliphatic heterocycles. The number of carbonyl (C=O) groups is 2. The van der Waals surface area contributed by atoms with Crippen molar-refractivity contribution in [2.24, 2.45) is 10.9 Å². The number of phenolic OH excluding ortho intramolecular Hbond substituents is 1. The Morgan fingerprint density at radius 2 is 1.94 bits per heavy atom. The van der Waals surface area contributed by atoms with E-state index in [-0.39, 0.29) is 36.2 Å². The Morgan fingerprint density at radius 1 is 1.23 bits per heavy atom. The third-order valence-electron chi connectivity index (χ3n) is 5.95. The number of Topliss-reactive ketones (excluding diaryl/α,β-unsaturated/α-hetero) is 1. The first kappa shape index (κ1) is 24.1. The molecule has 1 atom stereocenters. The van der Waals surface area contributed by atoms with Crippen LogP contribution in [0.1, 0.15) is 30.3 Å². The van der Waals surface area contributed by atoms with Crippen molar-refractivity contribution in [2.75, 3.05) is 19.6 Å². The number of likely N-dealkylation sites (tertiary alicyclic amines) is 1. The van der Waals surface area contributed by atoms with E-state index in [2.05, 4.69) is 15.3 Å². The summed E-state index contributed by atoms with van der Waals surface area (Å²) in [4.78, 5) is 35.1. The Labute approximate surface area is 198 Å². The maximum Gasteiger partial charge on any atom is 0.274 e. The molecule has 8 nitrogen and oxygen atoms in total. The first-order valence-electron chi connectivity index (χ1n) is 10.9. The van der Waals surface area contributed by atoms with Gasteiger partial charge in [-0.05, 0) is 18.6 Å². The highest BCUT2D eigenvalue weighted by Crippen LogP contribution is 2.30. The van der Waals surface area contributed by atoms with Crippen molar-refractivity contribution in [1.29, 1.82) is 5.41 Å². The van der Waals surface area contributed by atoms with E-state index in [1.165, 1.54) is 0 Å². The van der Waals surface area contributed by atoms with Crippen LogP contribution in [0, 0.1) is 28.8 Å². The second kappa shape index (κ2) is 9.69. The molecule has 2 aromatic rings. The number of aromatic hydroxyl groups is 1. The molecule has 2 aliphatic rings. The number of dihydropyridines is 1. The van der Waals surface area contributed by atoms with Crippen LogP contribution in [0.2, 0.25) is 0 Å². The summed E-state index contributed by atoms with van der Waals surface area (Å²) in [6, 6.07) is 3.20. The largest absolute Gasteiger partial charge is 0.508 e. The molecule has 1 unspecified atom stereocenters. The SMILES string of the molecule is CCC1CN(C2=C(NC(=O)c3ccc(F)c(-c4c(F)cc(O)cc4F)n3)CN=CC2)CC(=N)C1=O. The molecule has 1 fully saturated rings. The zero-order valence-electron chi connectivity index (χ0n) is 18.7. The third kappa shape index (κ3) is 4.79. The molecule has 0 bridgehead atoms. The van der Waals surface area contributed by atoms with Crippen molar-refractivity contribution in [1.82, 2.24) is 15.2 Å². The number of rotatable bonds is 5. The summed E-state index contributed by atoms with van der Waals surface area (Å²) < 4.78 is 43.0. The highest BCUT2D eigenvalue weighted by atomic mass is 19.1. The van der Waals surface area contributed by atoms with E-state index in [1.54, 1.807) is 6.21 Å². The predicted molar refractivity (Wildman–Crippen MR) is 122 cm³/mol. The molecule has 4 rings (SSSR count). The number of hydrogen-bond acceptors (Lipinski definition) is 7. The van der Waals surface area contributed by atoms with E-state index in [9.17, 15) is 27.9 Å². The van der Waals surface area contributed by atoms with Crippen molar-refractivity contribution in [3.8, 4) is 17.0 Å². The third-order valence-corrected chi connectivity index (χ3v) is 5.95. The monoisotopic (exact) mass is 485 g/mol. The van der Waals surface area contributed by atoms with Gasteiger partial charge in [0, 0.05) is 42.9 Å². The van der Waals surface area contributed by atoms with Crippen molar-refractivity contribution in [3.05, 3.63) is 58.8 Å². The molecule has 0 radical (unpaired) electrons. The number of piperidine rings is 1. The molecular weight excluding hydrogens is 463 g/mol. The number of nitrogens with zero attached hydrogens (tertiary/aromatic N) is 3. The number of amides is 1. The smallest absolute Gasteiger partial charge is 0.274 e. The fraction of sp³-hybridized carbons (Fsp3) is 0.292. The van der Waals surface area contributed by atoms with Gasteiger partial charge in [0.15, 0.2) is 5.78 Å². The van der Waals surface area contributed by atoms with Gasteiger partial charge in [0.1, 0.15) is 34.6 Å². The average Bonchev–Trinajstić information content (AvgIpc) is 2.81. The maximum absolute atomic E-state index is 14.4. The molecule has 11 heteroatoms. The molecule has 3 N–H and O–H groups in total. The second-order valence-corrected chi connectivity index (χ2v) is 8.25. The Morgan fingerprint density at radius 3 is 2.63 bits per heavy atom. The fourth-order valence-electron chi connectivity index (χ4n) is 4.13. The van der Waals surface area contributed by atoms with Gasteiger partial charge in [0.2, 0.25) is 0 Å². The van der Waals surface area contributed by atoms with Gasteiger partial charge in [0.05, 0.1) is 30.1 Å². The Kier molecular flexibility index (Phi) is 6.68. The van der Waals surface area contributed by atoms with E-state index in [0.29, 0.717) is 42.9 Å². The van der Waals surface area contributed by atoms with Crippen molar-refractivity contribution in [3.63, 3.8) is 0 Å². The zero-order valence-corrected chi connectivity index (χ0v) is 18.7. The van der Waals surface area contributed by atoms with E-state index < -0.39 is 40.4 Å². The summed E-state index contributed by atoms with van der Waals surface area (Å²) in [7, 11) is 0. The van der Waals surface area contributed by atoms with Crippen LogP contribution < -0.4 is 5.32 Å². The van der Waals surface area contributed by atoms with Crippen LogP contribution in [0.5, 0.6) is 5.75 Å². The number of hydrogen-bond donors (Lipinski definition) is 3. The lowest BCUT2D eigenvalue weighted by molar-refractivity contribution is -0.118. The van der Waals surface area contributed by atoms with Crippen LogP contribution in [0.4, 0.5) is 13.2 Å². The standard InChI is InChI=1S/C24H22F3N5O3/c1-2-12-10-32(11-17(28)23(12)34)20-5-6-29-9-19(20)31-24(35)18-4-3-14(25)22(30-18)21-15(26)7-13(33)8-16(21)27/h3-4,6-8,12,28,33H,2,5,9-11H2,1H3,(H,31,35). The quantitative estimate of drug-likeness (QED) is 0.601. The molecule has 182 valence electrons. The number of halogens is 3. The highest BCUT2D eigenvalue weighted by molar-refractivity contribution is 6.40. The Bertz CT molecular complexity index is 1270. The number of pyridine rings is 1. The van der Waals surface area contributed by atoms with Gasteiger partial charge in [-0.3, -0.25) is 20.0 Å². The predicted octanol–water partition coefficient (Wildman–Crippen LogP) is 3.22. The summed E-state index contributed by atoms with van der Waals surface area (Å²) in [5.41, 5.74) is -0.683. The van der Waals surface area contributed by atoms with Gasteiger partial charge in [0.25, 0.3) is 5.91 Å². The van der Waals surface area contributed by atoms with Crippen molar-refractivity contribution >= 4 is 23.6 Å². The Balaban J connectivity index is 1.64. The molecule has 35 heavy (non-hydrogen) atoms. The summed E-state index contributed by atoms with van der Waals surface area (Å²) in [5, 5.41) is 20.1. The Hall–Kier alpha value is -4.02. The zero-order chi connectivity index (χ0) is 25.3. The van der Waals surface area contributed by atoms with Crippen LogP contribution in [0.15, 0.2) is 40.7 Å². The number of phenols is 1. The molecule has 0 spiro atoms. The minimum atomic E-state index is -1.23. The van der Waals surface area contributed by atoms with Crippen molar-refractivity contribution in [2.45, 2.75) is 19.8 Å². The lowest BCUT2D eigenvalue weighted by Crippen LogP contribution is -2.47. The van der Waals surface area contributed by atoms with Gasteiger partial charge < -0.3 is 15.3 Å². The maximum atomic E-state index is 14.4. The summed E-state index contributed by atoms with van der Waals surface area (Å²) in [5.74, 6) is -5.43. The first-order valence-corrected chi connectivity index (χ1v) is 10.9. The number of allylic oxidation sites excluding steroid dienone is 1. The van der Waals surface area contributed by atoms with Crippen LogP contribution in [0.25, 0.3) is 11.3 Å². The molecular formula is C24H22F3N5O3. The van der Waals surface area contributed by atoms with E-state index >= 15 is 0 Å². The molecule has 1 amide bonds. The average molecular weight is 485 g/mol. The molecule has 1 saturated heterocycles. The van der Waals surface area contributed by atoms with Crippen LogP contribution in [-0.4, -0.2) is 58.2 Å². The number of aromatic nitrogens is 1. The van der Waals surface area contributed by atoms with Crippen LogP contribution in [0.3, 0.4) is 0 Å². The number of aliphatic imine (C=N–C) groups is 1. The number of ketones is 1. The molecule has 3 heterocycles. The lowest BCUT2D eigenvalue weighted by Gasteiger charge is -2.36. The highest BCUT2D eigenvalue weighted by Gasteiger charge is 2.32. The molecule has 1 aromatic heterocycles. The lowest BCUT2D eigenvalue weighted by atomic mass is 9.92. The molecule has 1 aromatic carbocycles. The molecule has 0 aliphatic carbocycles. The van der Waals surface area contributed by atoms with Crippen LogP contribution >= 0.6 is 0 Å². The normalized spacial score (nSPS) is 18.3. The summed E-state index contributed by atoms with van der Waals surface area (Å²) in [6.07, 6.45) is 2.63. The van der Waals surface area contributed by atoms with E-state index in [1.807, 2.05) is 11.8 Å². The van der Waals surface area contributed by atoms with Gasteiger partial charge in [-0.2, -0.15) is 0 Å². The summed E-state index contributed by atoms with van der Waals surface area (Å²) in [6.45, 7) is 2.51.